The number of carboxylic acid groups (broad SMARTS) is 1. The molecule has 1 amide bonds. The summed E-state index contributed by atoms with van der Waals surface area (Å²) in [6, 6.07) is 12.2. The van der Waals surface area contributed by atoms with Gasteiger partial charge in [0, 0.05) is 18.2 Å². The number of benzene rings is 2. The highest BCUT2D eigenvalue weighted by molar-refractivity contribution is 5.96. The van der Waals surface area contributed by atoms with Crippen LogP contribution in [0.25, 0.3) is 0 Å². The molecular weight excluding hydrogens is 424 g/mol. The predicted molar refractivity (Wildman–Crippen MR) is 134 cm³/mol. The third kappa shape index (κ3) is 4.90. The van der Waals surface area contributed by atoms with Crippen molar-refractivity contribution in [3.63, 3.8) is 0 Å². The Kier molecular flexibility index (Phi) is 7.00. The summed E-state index contributed by atoms with van der Waals surface area (Å²) in [5.41, 5.74) is 6.42. The lowest BCUT2D eigenvalue weighted by Crippen LogP contribution is -2.57. The predicted octanol–water partition coefficient (Wildman–Crippen LogP) is 4.65. The highest BCUT2D eigenvalue weighted by Gasteiger charge is 2.35. The molecule has 5 aliphatic rings. The van der Waals surface area contributed by atoms with Crippen LogP contribution in [0.1, 0.15) is 81.5 Å². The van der Waals surface area contributed by atoms with Gasteiger partial charge in [0.05, 0.1) is 5.56 Å². The minimum Gasteiger partial charge on any atom is -0.478 e. The molecule has 0 aromatic heterocycles. The van der Waals surface area contributed by atoms with Gasteiger partial charge in [-0.25, -0.2) is 4.79 Å². The molecule has 2 aliphatic carbocycles. The van der Waals surface area contributed by atoms with Crippen LogP contribution in [0.3, 0.4) is 0 Å². The van der Waals surface area contributed by atoms with Crippen molar-refractivity contribution in [2.24, 2.45) is 5.92 Å². The van der Waals surface area contributed by atoms with Gasteiger partial charge in [-0.05, 0) is 118 Å². The van der Waals surface area contributed by atoms with Crippen molar-refractivity contribution < 1.29 is 14.7 Å². The number of carbonyl (C=O) groups is 2. The monoisotopic (exact) mass is 460 g/mol. The molecule has 7 rings (SSSR count). The number of aromatic carboxylic acids is 1. The van der Waals surface area contributed by atoms with E-state index < -0.39 is 5.97 Å². The van der Waals surface area contributed by atoms with Crippen LogP contribution in [0.2, 0.25) is 0 Å². The van der Waals surface area contributed by atoms with Crippen molar-refractivity contribution >= 4 is 11.9 Å². The van der Waals surface area contributed by atoms with E-state index in [1.54, 1.807) is 6.07 Å². The van der Waals surface area contributed by atoms with Crippen molar-refractivity contribution in [1.29, 1.82) is 0 Å². The van der Waals surface area contributed by atoms with Gasteiger partial charge in [-0.1, -0.05) is 24.3 Å². The maximum absolute atomic E-state index is 12.7. The van der Waals surface area contributed by atoms with Crippen molar-refractivity contribution in [3.8, 4) is 0 Å². The third-order valence-electron chi connectivity index (χ3n) is 8.24. The molecule has 3 heterocycles. The summed E-state index contributed by atoms with van der Waals surface area (Å²) in [7, 11) is 0. The Balaban J connectivity index is 0.000000159. The van der Waals surface area contributed by atoms with Crippen LogP contribution < -0.4 is 5.32 Å². The topological polar surface area (TPSA) is 69.6 Å². The molecule has 3 aliphatic heterocycles. The van der Waals surface area contributed by atoms with E-state index in [-0.39, 0.29) is 5.91 Å². The molecule has 3 fully saturated rings. The molecule has 2 aromatic rings. The van der Waals surface area contributed by atoms with Gasteiger partial charge < -0.3 is 15.3 Å². The fourth-order valence-electron chi connectivity index (χ4n) is 6.35. The normalized spacial score (nSPS) is 24.8. The number of amides is 1. The number of hydrogen-bond acceptors (Lipinski definition) is 3. The lowest BCUT2D eigenvalue weighted by Gasteiger charge is -2.45. The molecule has 2 bridgehead atoms. The second-order valence-corrected chi connectivity index (χ2v) is 10.3. The summed E-state index contributed by atoms with van der Waals surface area (Å²) in [6.45, 7) is 3.49. The van der Waals surface area contributed by atoms with Gasteiger partial charge in [0.25, 0.3) is 5.91 Å². The zero-order chi connectivity index (χ0) is 23.5. The number of aryl methyl sites for hydroxylation is 2. The van der Waals surface area contributed by atoms with Crippen LogP contribution >= 0.6 is 0 Å². The Bertz CT molecular complexity index is 1060. The summed E-state index contributed by atoms with van der Waals surface area (Å²) in [5, 5.41) is 12.3. The van der Waals surface area contributed by atoms with Gasteiger partial charge in [-0.3, -0.25) is 4.79 Å². The Hall–Kier alpha value is -2.66. The SMILES string of the molecule is O=C(NC1CN2CCC1CC2)c1cccc2c1CCCC2.O=C(O)c1cccc2c1CCCC2. The van der Waals surface area contributed by atoms with Gasteiger partial charge in [0.2, 0.25) is 0 Å². The van der Waals surface area contributed by atoms with E-state index in [1.807, 2.05) is 18.2 Å². The minimum atomic E-state index is -0.793. The smallest absolute Gasteiger partial charge is 0.335 e. The van der Waals surface area contributed by atoms with E-state index in [4.69, 9.17) is 5.11 Å². The van der Waals surface area contributed by atoms with Gasteiger partial charge in [-0.2, -0.15) is 0 Å². The van der Waals surface area contributed by atoms with Crippen LogP contribution in [0.15, 0.2) is 36.4 Å². The standard InChI is InChI=1S/C18H24N2O.C11H12O2/c21-18(19-17-12-20-10-8-14(17)9-11-20)16-7-3-5-13-4-1-2-6-15(13)16;12-11(13)10-7-3-5-8-4-1-2-6-9(8)10/h3,5,7,14,17H,1-2,4,6,8-12H2,(H,19,21);3,5,7H,1-2,4,6H2,(H,12,13). The van der Waals surface area contributed by atoms with Crippen molar-refractivity contribution in [2.75, 3.05) is 19.6 Å². The maximum Gasteiger partial charge on any atom is 0.335 e. The number of nitrogens with zero attached hydrogens (tertiary/aromatic N) is 1. The second-order valence-electron chi connectivity index (χ2n) is 10.3. The van der Waals surface area contributed by atoms with Crippen LogP contribution in [-0.4, -0.2) is 47.6 Å². The van der Waals surface area contributed by atoms with Gasteiger partial charge in [-0.15, -0.1) is 0 Å². The summed E-state index contributed by atoms with van der Waals surface area (Å²) in [4.78, 5) is 26.1. The third-order valence-corrected chi connectivity index (χ3v) is 8.24. The van der Waals surface area contributed by atoms with Gasteiger partial charge in [0.15, 0.2) is 0 Å². The second kappa shape index (κ2) is 10.3. The van der Waals surface area contributed by atoms with E-state index in [2.05, 4.69) is 22.3 Å². The molecule has 1 unspecified atom stereocenters. The number of nitrogens with one attached hydrogen (secondary N) is 1. The first-order valence-corrected chi connectivity index (χ1v) is 13.1. The Morgan fingerprint density at radius 1 is 0.794 bits per heavy atom. The minimum absolute atomic E-state index is 0.160. The molecule has 0 saturated carbocycles. The lowest BCUT2D eigenvalue weighted by molar-refractivity contribution is 0.0619. The number of piperidine rings is 3. The number of hydrogen-bond donors (Lipinski definition) is 2. The highest BCUT2D eigenvalue weighted by Crippen LogP contribution is 2.29. The fraction of sp³-hybridized carbons (Fsp3) is 0.517. The Labute approximate surface area is 202 Å². The van der Waals surface area contributed by atoms with Crippen LogP contribution in [0, 0.1) is 5.92 Å². The summed E-state index contributed by atoms with van der Waals surface area (Å²) in [6.07, 6.45) is 11.5. The zero-order valence-electron chi connectivity index (χ0n) is 20.0. The molecule has 2 N–H and O–H groups in total. The average Bonchev–Trinajstić information content (AvgIpc) is 2.89. The van der Waals surface area contributed by atoms with E-state index in [0.717, 1.165) is 49.8 Å². The van der Waals surface area contributed by atoms with Crippen molar-refractivity contribution in [1.82, 2.24) is 10.2 Å². The first-order chi connectivity index (χ1) is 16.6. The molecule has 0 radical (unpaired) electrons. The molecule has 0 spiro atoms. The molecule has 180 valence electrons. The molecule has 5 heteroatoms. The number of fused-ring (bicyclic) bond motifs is 5. The maximum atomic E-state index is 12.7. The lowest BCUT2D eigenvalue weighted by atomic mass is 9.83. The fourth-order valence-corrected chi connectivity index (χ4v) is 6.35. The van der Waals surface area contributed by atoms with Crippen LogP contribution in [-0.2, 0) is 25.7 Å². The van der Waals surface area contributed by atoms with Crippen LogP contribution in [0.4, 0.5) is 0 Å². The molecule has 34 heavy (non-hydrogen) atoms. The van der Waals surface area contributed by atoms with E-state index in [9.17, 15) is 9.59 Å². The molecule has 1 atom stereocenters. The summed E-state index contributed by atoms with van der Waals surface area (Å²) >= 11 is 0. The van der Waals surface area contributed by atoms with Gasteiger partial charge in [0.1, 0.15) is 0 Å². The van der Waals surface area contributed by atoms with Gasteiger partial charge >= 0.3 is 5.97 Å². The van der Waals surface area contributed by atoms with Crippen molar-refractivity contribution in [2.45, 2.75) is 70.3 Å². The first kappa shape index (κ1) is 23.1. The average molecular weight is 461 g/mol. The molecule has 3 saturated heterocycles. The quantitative estimate of drug-likeness (QED) is 0.699. The number of carbonyl (C=O) groups excluding carboxylic acids is 1. The zero-order valence-corrected chi connectivity index (χ0v) is 20.0. The van der Waals surface area contributed by atoms with Crippen molar-refractivity contribution in [3.05, 3.63) is 69.8 Å². The Morgan fingerprint density at radius 2 is 1.35 bits per heavy atom. The molecular formula is C29H36N2O3. The number of carboxylic acids is 1. The molecule has 5 nitrogen and oxygen atoms in total. The summed E-state index contributed by atoms with van der Waals surface area (Å²) < 4.78 is 0. The summed E-state index contributed by atoms with van der Waals surface area (Å²) in [5.74, 6) is 0.0599. The van der Waals surface area contributed by atoms with E-state index in [0.29, 0.717) is 17.5 Å². The highest BCUT2D eigenvalue weighted by atomic mass is 16.4. The van der Waals surface area contributed by atoms with Crippen LogP contribution in [0.5, 0.6) is 0 Å². The van der Waals surface area contributed by atoms with E-state index in [1.165, 1.54) is 61.9 Å². The molecule has 2 aromatic carbocycles. The Morgan fingerprint density at radius 3 is 1.91 bits per heavy atom. The van der Waals surface area contributed by atoms with E-state index >= 15 is 0 Å². The largest absolute Gasteiger partial charge is 0.478 e. The first-order valence-electron chi connectivity index (χ1n) is 13.1. The number of rotatable bonds is 3.